The van der Waals surface area contributed by atoms with Crippen molar-refractivity contribution >= 4 is 17.8 Å². The second-order valence-corrected chi connectivity index (χ2v) is 6.40. The molecule has 0 atom stereocenters. The molecule has 0 aromatic heterocycles. The third-order valence-corrected chi connectivity index (χ3v) is 4.58. The van der Waals surface area contributed by atoms with Gasteiger partial charge in [-0.2, -0.15) is 0 Å². The third-order valence-electron chi connectivity index (χ3n) is 4.58. The number of methoxy groups -OCH3 is 4. The lowest BCUT2D eigenvalue weighted by molar-refractivity contribution is -0.139. The topological polar surface area (TPSA) is 110 Å². The number of Topliss-reactive ketones (excluding diaryl/α,β-unsaturated/α-hetero) is 1. The van der Waals surface area contributed by atoms with E-state index in [0.717, 1.165) is 0 Å². The summed E-state index contributed by atoms with van der Waals surface area (Å²) in [7, 11) is 5.81. The molecule has 1 aliphatic rings. The molecule has 164 valence electrons. The van der Waals surface area contributed by atoms with E-state index in [1.807, 2.05) is 0 Å². The zero-order chi connectivity index (χ0) is 22.5. The second kappa shape index (κ2) is 9.29. The van der Waals surface area contributed by atoms with E-state index >= 15 is 0 Å². The van der Waals surface area contributed by atoms with Crippen LogP contribution in [0.2, 0.25) is 0 Å². The third kappa shape index (κ3) is 4.35. The van der Waals surface area contributed by atoms with Gasteiger partial charge >= 0.3 is 5.97 Å². The normalized spacial score (nSPS) is 13.8. The standard InChI is InChI=1S/C22H22O9/c1-26-14-6-5-12(8-15(14)31-11-18(23)24)7-13-10-30-16-9-17(27-2)21(28-3)22(29-4)19(16)20(13)25/h5-9H,10-11H2,1-4H3,(H,23,24)/b13-7-. The zero-order valence-electron chi connectivity index (χ0n) is 17.5. The zero-order valence-corrected chi connectivity index (χ0v) is 17.5. The van der Waals surface area contributed by atoms with E-state index in [1.165, 1.54) is 28.4 Å². The summed E-state index contributed by atoms with van der Waals surface area (Å²) in [6.07, 6.45) is 1.63. The molecular weight excluding hydrogens is 408 g/mol. The van der Waals surface area contributed by atoms with Crippen LogP contribution in [0, 0.1) is 0 Å². The number of carboxylic acid groups (broad SMARTS) is 1. The van der Waals surface area contributed by atoms with Crippen molar-refractivity contribution in [3.63, 3.8) is 0 Å². The van der Waals surface area contributed by atoms with Crippen LogP contribution >= 0.6 is 0 Å². The summed E-state index contributed by atoms with van der Waals surface area (Å²) >= 11 is 0. The largest absolute Gasteiger partial charge is 0.493 e. The van der Waals surface area contributed by atoms with Gasteiger partial charge in [-0.05, 0) is 23.8 Å². The van der Waals surface area contributed by atoms with E-state index in [1.54, 1.807) is 30.3 Å². The molecule has 0 saturated carbocycles. The molecule has 9 heteroatoms. The Morgan fingerprint density at radius 3 is 2.32 bits per heavy atom. The highest BCUT2D eigenvalue weighted by molar-refractivity contribution is 6.16. The van der Waals surface area contributed by atoms with Gasteiger partial charge in [0.1, 0.15) is 17.9 Å². The number of carboxylic acids is 1. The number of carbonyl (C=O) groups excluding carboxylic acids is 1. The van der Waals surface area contributed by atoms with E-state index in [-0.39, 0.29) is 35.2 Å². The van der Waals surface area contributed by atoms with Gasteiger partial charge in [-0.15, -0.1) is 0 Å². The Hall–Kier alpha value is -3.88. The van der Waals surface area contributed by atoms with Gasteiger partial charge in [-0.25, -0.2) is 4.79 Å². The molecule has 0 spiro atoms. The number of rotatable bonds is 8. The maximum atomic E-state index is 13.2. The minimum Gasteiger partial charge on any atom is -0.493 e. The van der Waals surface area contributed by atoms with Crippen LogP contribution in [0.25, 0.3) is 6.08 Å². The van der Waals surface area contributed by atoms with Crippen molar-refractivity contribution < 1.29 is 43.1 Å². The van der Waals surface area contributed by atoms with E-state index < -0.39 is 12.6 Å². The summed E-state index contributed by atoms with van der Waals surface area (Å²) < 4.78 is 32.3. The first-order valence-electron chi connectivity index (χ1n) is 9.17. The van der Waals surface area contributed by atoms with Crippen LogP contribution in [0.5, 0.6) is 34.5 Å². The first kappa shape index (κ1) is 21.8. The van der Waals surface area contributed by atoms with E-state index in [4.69, 9.17) is 33.5 Å². The average Bonchev–Trinajstić information content (AvgIpc) is 2.78. The highest BCUT2D eigenvalue weighted by atomic mass is 16.5. The van der Waals surface area contributed by atoms with Gasteiger partial charge in [0, 0.05) is 11.6 Å². The number of hydrogen-bond acceptors (Lipinski definition) is 8. The molecule has 0 saturated heterocycles. The van der Waals surface area contributed by atoms with Crippen molar-refractivity contribution in [2.45, 2.75) is 0 Å². The van der Waals surface area contributed by atoms with Gasteiger partial charge in [-0.3, -0.25) is 4.79 Å². The molecular formula is C22H22O9. The molecule has 0 unspecified atom stereocenters. The van der Waals surface area contributed by atoms with Gasteiger partial charge in [0.05, 0.1) is 28.4 Å². The molecule has 3 rings (SSSR count). The van der Waals surface area contributed by atoms with Crippen LogP contribution in [-0.2, 0) is 4.79 Å². The molecule has 0 fully saturated rings. The Kier molecular flexibility index (Phi) is 6.54. The predicted molar refractivity (Wildman–Crippen MR) is 110 cm³/mol. The summed E-state index contributed by atoms with van der Waals surface area (Å²) in [4.78, 5) is 24.1. The van der Waals surface area contributed by atoms with Crippen molar-refractivity contribution in [3.05, 3.63) is 41.0 Å². The van der Waals surface area contributed by atoms with Gasteiger partial charge in [0.15, 0.2) is 35.4 Å². The van der Waals surface area contributed by atoms with Crippen molar-refractivity contribution in [3.8, 4) is 34.5 Å². The molecule has 2 aromatic carbocycles. The number of ketones is 1. The van der Waals surface area contributed by atoms with Crippen LogP contribution in [-0.4, -0.2) is 58.5 Å². The number of aliphatic carboxylic acids is 1. The van der Waals surface area contributed by atoms with Gasteiger partial charge in [-0.1, -0.05) is 6.07 Å². The minimum atomic E-state index is -1.12. The van der Waals surface area contributed by atoms with Gasteiger partial charge in [0.2, 0.25) is 5.75 Å². The minimum absolute atomic E-state index is 0.0296. The predicted octanol–water partition coefficient (Wildman–Crippen LogP) is 2.84. The summed E-state index contributed by atoms with van der Waals surface area (Å²) in [6, 6.07) is 6.51. The molecule has 0 radical (unpaired) electrons. The van der Waals surface area contributed by atoms with E-state index in [9.17, 15) is 9.59 Å². The Balaban J connectivity index is 2.01. The van der Waals surface area contributed by atoms with Crippen molar-refractivity contribution in [2.75, 3.05) is 41.7 Å². The lowest BCUT2D eigenvalue weighted by Crippen LogP contribution is -2.20. The lowest BCUT2D eigenvalue weighted by Gasteiger charge is -2.23. The SMILES string of the molecule is COc1ccc(/C=C2/COc3cc(OC)c(OC)c(OC)c3C2=O)cc1OCC(=O)O. The lowest BCUT2D eigenvalue weighted by atomic mass is 9.96. The number of carbonyl (C=O) groups is 2. The summed E-state index contributed by atoms with van der Waals surface area (Å²) in [5, 5.41) is 8.86. The monoisotopic (exact) mass is 430 g/mol. The van der Waals surface area contributed by atoms with Gasteiger partial charge < -0.3 is 33.5 Å². The average molecular weight is 430 g/mol. The molecule has 31 heavy (non-hydrogen) atoms. The van der Waals surface area contributed by atoms with Crippen molar-refractivity contribution in [2.24, 2.45) is 0 Å². The fourth-order valence-electron chi connectivity index (χ4n) is 3.19. The maximum Gasteiger partial charge on any atom is 0.341 e. The molecule has 0 bridgehead atoms. The molecule has 1 N–H and O–H groups in total. The van der Waals surface area contributed by atoms with Crippen LogP contribution in [0.3, 0.4) is 0 Å². The fraction of sp³-hybridized carbons (Fsp3) is 0.273. The Labute approximate surface area is 178 Å². The second-order valence-electron chi connectivity index (χ2n) is 6.40. The molecule has 9 nitrogen and oxygen atoms in total. The maximum absolute atomic E-state index is 13.2. The number of hydrogen-bond donors (Lipinski definition) is 1. The Morgan fingerprint density at radius 2 is 1.71 bits per heavy atom. The molecule has 2 aromatic rings. The number of ether oxygens (including phenoxy) is 6. The number of fused-ring (bicyclic) bond motifs is 1. The smallest absolute Gasteiger partial charge is 0.341 e. The van der Waals surface area contributed by atoms with Crippen molar-refractivity contribution in [1.82, 2.24) is 0 Å². The summed E-state index contributed by atoms with van der Waals surface area (Å²) in [6.45, 7) is -0.494. The highest BCUT2D eigenvalue weighted by Crippen LogP contribution is 2.47. The number of benzene rings is 2. The van der Waals surface area contributed by atoms with Crippen molar-refractivity contribution in [1.29, 1.82) is 0 Å². The first-order valence-corrected chi connectivity index (χ1v) is 9.17. The Morgan fingerprint density at radius 1 is 1.00 bits per heavy atom. The molecule has 0 amide bonds. The molecule has 0 aliphatic carbocycles. The van der Waals surface area contributed by atoms with Crippen LogP contribution in [0.15, 0.2) is 29.8 Å². The van der Waals surface area contributed by atoms with Crippen LogP contribution in [0.4, 0.5) is 0 Å². The summed E-state index contributed by atoms with van der Waals surface area (Å²) in [5.41, 5.74) is 1.21. The highest BCUT2D eigenvalue weighted by Gasteiger charge is 2.32. The van der Waals surface area contributed by atoms with Crippen LogP contribution in [0.1, 0.15) is 15.9 Å². The van der Waals surface area contributed by atoms with Gasteiger partial charge in [0.25, 0.3) is 0 Å². The van der Waals surface area contributed by atoms with Crippen LogP contribution < -0.4 is 28.4 Å². The Bertz CT molecular complexity index is 1040. The summed E-state index contributed by atoms with van der Waals surface area (Å²) in [5.74, 6) is 0.429. The van der Waals surface area contributed by atoms with E-state index in [0.29, 0.717) is 28.4 Å². The molecule has 1 heterocycles. The first-order chi connectivity index (χ1) is 14.9. The molecule has 1 aliphatic heterocycles. The fourth-order valence-corrected chi connectivity index (χ4v) is 3.19. The van der Waals surface area contributed by atoms with E-state index in [2.05, 4.69) is 0 Å². The quantitative estimate of drug-likeness (QED) is 0.632.